The molecule has 9 heteroatoms. The van der Waals surface area contributed by atoms with Gasteiger partial charge in [0.2, 0.25) is 0 Å². The molecule has 0 aliphatic rings. The van der Waals surface area contributed by atoms with Gasteiger partial charge in [-0.05, 0) is 88.1 Å². The maximum atomic E-state index is 14.3. The predicted octanol–water partition coefficient (Wildman–Crippen LogP) is 7.39. The number of rotatable bonds is 14. The smallest absolute Gasteiger partial charge is 0.307 e. The average molecular weight is 613 g/mol. The highest BCUT2D eigenvalue weighted by Gasteiger charge is 2.19. The average Bonchev–Trinajstić information content (AvgIpc) is 3.58. The van der Waals surface area contributed by atoms with Crippen molar-refractivity contribution in [2.75, 3.05) is 46.9 Å². The lowest BCUT2D eigenvalue weighted by molar-refractivity contribution is -0.145. The Hall–Kier alpha value is -4.47. The van der Waals surface area contributed by atoms with Crippen LogP contribution >= 0.6 is 0 Å². The van der Waals surface area contributed by atoms with Crippen LogP contribution in [0.1, 0.15) is 24.8 Å². The van der Waals surface area contributed by atoms with Crippen LogP contribution in [0.25, 0.3) is 43.6 Å². The predicted molar refractivity (Wildman–Crippen MR) is 176 cm³/mol. The molecule has 6 aromatic rings. The molecular weight excluding hydrogens is 574 g/mol. The fraction of sp³-hybridized carbons (Fsp3) is 0.306. The van der Waals surface area contributed by atoms with Crippen LogP contribution in [0.2, 0.25) is 0 Å². The molecule has 234 valence electrons. The van der Waals surface area contributed by atoms with Gasteiger partial charge in [-0.3, -0.25) is 4.79 Å². The molecule has 0 amide bonds. The van der Waals surface area contributed by atoms with Crippen molar-refractivity contribution >= 4 is 49.6 Å². The van der Waals surface area contributed by atoms with E-state index in [4.69, 9.17) is 9.47 Å². The van der Waals surface area contributed by atoms with E-state index in [2.05, 4.69) is 33.9 Å². The molecule has 0 saturated heterocycles. The Bertz CT molecular complexity index is 1840. The molecule has 0 aliphatic heterocycles. The summed E-state index contributed by atoms with van der Waals surface area (Å²) in [5.41, 5.74) is 4.09. The number of ether oxygens (including phenoxy) is 2. The van der Waals surface area contributed by atoms with E-state index in [0.29, 0.717) is 25.3 Å². The van der Waals surface area contributed by atoms with Crippen molar-refractivity contribution in [3.8, 4) is 5.75 Å². The summed E-state index contributed by atoms with van der Waals surface area (Å²) >= 11 is 0. The van der Waals surface area contributed by atoms with Gasteiger partial charge >= 0.3 is 5.97 Å². The van der Waals surface area contributed by atoms with Gasteiger partial charge in [0.1, 0.15) is 18.2 Å². The minimum Gasteiger partial charge on any atom is -0.489 e. The second kappa shape index (κ2) is 13.7. The number of hydrogen-bond donors (Lipinski definition) is 2. The molecule has 0 fully saturated rings. The number of nitrogens with one attached hydrogen (secondary N) is 2. The summed E-state index contributed by atoms with van der Waals surface area (Å²) in [6.45, 7) is 3.84. The van der Waals surface area contributed by atoms with Crippen LogP contribution in [0.5, 0.6) is 5.75 Å². The maximum Gasteiger partial charge on any atom is 0.307 e. The first-order valence-electron chi connectivity index (χ1n) is 15.4. The molecule has 0 bridgehead atoms. The summed E-state index contributed by atoms with van der Waals surface area (Å²) in [4.78, 5) is 23.8. The van der Waals surface area contributed by atoms with Crippen LogP contribution in [-0.4, -0.2) is 72.6 Å². The van der Waals surface area contributed by atoms with Crippen molar-refractivity contribution < 1.29 is 23.0 Å². The molecule has 2 aromatic heterocycles. The van der Waals surface area contributed by atoms with E-state index >= 15 is 0 Å². The number of halogens is 2. The lowest BCUT2D eigenvalue weighted by Crippen LogP contribution is -2.31. The Morgan fingerprint density at radius 2 is 1.36 bits per heavy atom. The summed E-state index contributed by atoms with van der Waals surface area (Å²) in [6, 6.07) is 21.0. The molecule has 4 aromatic carbocycles. The largest absolute Gasteiger partial charge is 0.489 e. The van der Waals surface area contributed by atoms with Gasteiger partial charge in [0.05, 0.1) is 24.1 Å². The zero-order chi connectivity index (χ0) is 31.3. The number of carbonyl (C=O) groups is 1. The third kappa shape index (κ3) is 7.10. The number of esters is 1. The lowest BCUT2D eigenvalue weighted by atomic mass is 10.1. The summed E-state index contributed by atoms with van der Waals surface area (Å²) < 4.78 is 40.5. The number of H-pyrrole nitrogens is 2. The molecule has 0 aliphatic carbocycles. The summed E-state index contributed by atoms with van der Waals surface area (Å²) in [6.07, 6.45) is 2.01. The SMILES string of the molecule is CN(C)CCCN(CCCOc1c2[nH]c3ccc(F)cc3c2cc2c1[nH]c1ccc(F)cc12)CCC(=O)OCc1ccccc1. The monoisotopic (exact) mass is 612 g/mol. The quantitative estimate of drug-likeness (QED) is 0.0992. The van der Waals surface area contributed by atoms with Crippen molar-refractivity contribution in [2.45, 2.75) is 25.9 Å². The number of carbonyl (C=O) groups excluding carboxylic acids is 1. The maximum absolute atomic E-state index is 14.3. The van der Waals surface area contributed by atoms with E-state index < -0.39 is 0 Å². The van der Waals surface area contributed by atoms with E-state index in [0.717, 1.165) is 81.7 Å². The van der Waals surface area contributed by atoms with Crippen LogP contribution in [0.3, 0.4) is 0 Å². The summed E-state index contributed by atoms with van der Waals surface area (Å²) in [7, 11) is 4.11. The standard InChI is InChI=1S/C36H38F2N4O3/c1-41(2)15-6-16-42(18-14-33(43)45-23-24-8-4-3-5-9-24)17-7-19-44-36-34-29(27-20-25(37)10-12-31(27)39-34)22-30-28-21-26(38)11-13-32(28)40-35(30)36/h3-5,8-13,20-22,39-40H,6-7,14-19,23H2,1-2H3. The third-order valence-corrected chi connectivity index (χ3v) is 8.16. The minimum atomic E-state index is -0.325. The Labute approximate surface area is 260 Å². The van der Waals surface area contributed by atoms with Gasteiger partial charge in [-0.15, -0.1) is 0 Å². The fourth-order valence-corrected chi connectivity index (χ4v) is 5.91. The highest BCUT2D eigenvalue weighted by molar-refractivity contribution is 6.20. The highest BCUT2D eigenvalue weighted by Crippen LogP contribution is 2.41. The summed E-state index contributed by atoms with van der Waals surface area (Å²) in [5.74, 6) is -0.241. The van der Waals surface area contributed by atoms with Crippen LogP contribution < -0.4 is 4.74 Å². The normalized spacial score (nSPS) is 12.0. The van der Waals surface area contributed by atoms with E-state index in [-0.39, 0.29) is 24.2 Å². The van der Waals surface area contributed by atoms with Gasteiger partial charge in [0.15, 0.2) is 5.75 Å². The first kappa shape index (κ1) is 30.6. The fourth-order valence-electron chi connectivity index (χ4n) is 5.91. The van der Waals surface area contributed by atoms with Crippen molar-refractivity contribution in [2.24, 2.45) is 0 Å². The Morgan fingerprint density at radius 1 is 0.733 bits per heavy atom. The Balaban J connectivity index is 1.17. The molecule has 2 heterocycles. The van der Waals surface area contributed by atoms with E-state index in [1.165, 1.54) is 24.3 Å². The highest BCUT2D eigenvalue weighted by atomic mass is 19.1. The zero-order valence-electron chi connectivity index (χ0n) is 25.7. The van der Waals surface area contributed by atoms with Gasteiger partial charge in [0, 0.05) is 45.7 Å². The topological polar surface area (TPSA) is 73.6 Å². The molecule has 2 N–H and O–H groups in total. The first-order chi connectivity index (χ1) is 21.9. The van der Waals surface area contributed by atoms with Gasteiger partial charge < -0.3 is 29.2 Å². The number of hydrogen-bond acceptors (Lipinski definition) is 5. The second-order valence-corrected chi connectivity index (χ2v) is 11.8. The van der Waals surface area contributed by atoms with Crippen LogP contribution in [0.4, 0.5) is 8.78 Å². The molecular formula is C36H38F2N4O3. The van der Waals surface area contributed by atoms with E-state index in [9.17, 15) is 13.6 Å². The van der Waals surface area contributed by atoms with Crippen LogP contribution in [-0.2, 0) is 16.1 Å². The van der Waals surface area contributed by atoms with Gasteiger partial charge in [0.25, 0.3) is 0 Å². The van der Waals surface area contributed by atoms with Gasteiger partial charge in [-0.1, -0.05) is 30.3 Å². The van der Waals surface area contributed by atoms with Gasteiger partial charge in [-0.2, -0.15) is 0 Å². The van der Waals surface area contributed by atoms with E-state index in [1.807, 2.05) is 36.4 Å². The van der Waals surface area contributed by atoms with Crippen molar-refractivity contribution in [3.63, 3.8) is 0 Å². The zero-order valence-corrected chi connectivity index (χ0v) is 25.7. The Kier molecular flexibility index (Phi) is 9.28. The molecule has 0 spiro atoms. The molecule has 7 nitrogen and oxygen atoms in total. The molecule has 0 unspecified atom stereocenters. The number of aromatic nitrogens is 2. The van der Waals surface area contributed by atoms with Crippen LogP contribution in [0, 0.1) is 11.6 Å². The van der Waals surface area contributed by atoms with Crippen molar-refractivity contribution in [1.82, 2.24) is 19.8 Å². The molecule has 0 radical (unpaired) electrons. The first-order valence-corrected chi connectivity index (χ1v) is 15.4. The number of aromatic amines is 2. The summed E-state index contributed by atoms with van der Waals surface area (Å²) in [5, 5.41) is 3.12. The molecule has 45 heavy (non-hydrogen) atoms. The Morgan fingerprint density at radius 3 is 1.98 bits per heavy atom. The molecule has 0 saturated carbocycles. The van der Waals surface area contributed by atoms with E-state index in [1.54, 1.807) is 12.1 Å². The molecule has 0 atom stereocenters. The van der Waals surface area contributed by atoms with Crippen molar-refractivity contribution in [3.05, 3.63) is 90.0 Å². The van der Waals surface area contributed by atoms with Gasteiger partial charge in [-0.25, -0.2) is 8.78 Å². The lowest BCUT2D eigenvalue weighted by Gasteiger charge is -2.23. The van der Waals surface area contributed by atoms with Crippen LogP contribution in [0.15, 0.2) is 72.8 Å². The third-order valence-electron chi connectivity index (χ3n) is 8.16. The van der Waals surface area contributed by atoms with Crippen molar-refractivity contribution in [1.29, 1.82) is 0 Å². The second-order valence-electron chi connectivity index (χ2n) is 11.8. The number of nitrogens with zero attached hydrogens (tertiary/aromatic N) is 2. The number of fused-ring (bicyclic) bond motifs is 6. The minimum absolute atomic E-state index is 0.215. The number of benzene rings is 4. The molecule has 6 rings (SSSR count).